The first kappa shape index (κ1) is 18.5. The third-order valence-electron chi connectivity index (χ3n) is 4.50. The third kappa shape index (κ3) is 4.19. The number of nitriles is 1. The van der Waals surface area contributed by atoms with Crippen molar-refractivity contribution in [2.24, 2.45) is 0 Å². The van der Waals surface area contributed by atoms with E-state index in [1.165, 1.54) is 12.1 Å². The number of thioether (sulfide) groups is 1. The molecule has 0 amide bonds. The molecule has 0 radical (unpaired) electrons. The van der Waals surface area contributed by atoms with Crippen LogP contribution >= 0.6 is 11.8 Å². The van der Waals surface area contributed by atoms with Crippen molar-refractivity contribution < 1.29 is 13.9 Å². The highest BCUT2D eigenvalue weighted by Crippen LogP contribution is 2.38. The molecule has 1 aliphatic heterocycles. The highest BCUT2D eigenvalue weighted by Gasteiger charge is 2.25. The van der Waals surface area contributed by atoms with Gasteiger partial charge in [0, 0.05) is 28.2 Å². The Bertz CT molecular complexity index is 1000. The van der Waals surface area contributed by atoms with Crippen LogP contribution in [0, 0.1) is 17.1 Å². The van der Waals surface area contributed by atoms with Crippen LogP contribution in [0.5, 0.6) is 5.75 Å². The number of rotatable bonds is 5. The summed E-state index contributed by atoms with van der Waals surface area (Å²) in [4.78, 5) is 0. The Morgan fingerprint density at radius 3 is 2.57 bits per heavy atom. The lowest BCUT2D eigenvalue weighted by Crippen LogP contribution is -2.19. The van der Waals surface area contributed by atoms with Crippen molar-refractivity contribution >= 4 is 11.8 Å². The van der Waals surface area contributed by atoms with Crippen molar-refractivity contribution in [2.75, 3.05) is 0 Å². The van der Waals surface area contributed by atoms with E-state index in [0.29, 0.717) is 23.7 Å². The number of halogens is 1. The van der Waals surface area contributed by atoms with Crippen LogP contribution in [0.25, 0.3) is 0 Å². The zero-order chi connectivity index (χ0) is 19.3. The van der Waals surface area contributed by atoms with Gasteiger partial charge in [0.2, 0.25) is 6.29 Å². The summed E-state index contributed by atoms with van der Waals surface area (Å²) < 4.78 is 25.9. The molecule has 0 spiro atoms. The van der Waals surface area contributed by atoms with Crippen LogP contribution < -0.4 is 4.74 Å². The third-order valence-corrected chi connectivity index (χ3v) is 5.56. The fourth-order valence-electron chi connectivity index (χ4n) is 3.11. The molecule has 0 aliphatic carbocycles. The lowest BCUT2D eigenvalue weighted by molar-refractivity contribution is -0.112. The molecule has 1 atom stereocenters. The zero-order valence-electron chi connectivity index (χ0n) is 15.1. The largest absolute Gasteiger partial charge is 0.460 e. The van der Waals surface area contributed by atoms with E-state index in [4.69, 9.17) is 14.7 Å². The Kier molecular flexibility index (Phi) is 5.61. The van der Waals surface area contributed by atoms with Crippen LogP contribution in [0.4, 0.5) is 4.39 Å². The number of fused-ring (bicyclic) bond motifs is 1. The molecule has 0 saturated heterocycles. The van der Waals surface area contributed by atoms with Gasteiger partial charge in [0.15, 0.2) is 0 Å². The minimum absolute atomic E-state index is 0.280. The summed E-state index contributed by atoms with van der Waals surface area (Å²) in [6.07, 6.45) is -0.485. The van der Waals surface area contributed by atoms with Gasteiger partial charge in [-0.05, 0) is 29.8 Å². The SMILES string of the molecule is N#Cc1ccc(CSCc2cc(F)cc3c2O[C@H](c2ccccc2)OC3)cc1. The van der Waals surface area contributed by atoms with E-state index in [0.717, 1.165) is 28.0 Å². The maximum Gasteiger partial charge on any atom is 0.227 e. The number of hydrogen-bond donors (Lipinski definition) is 0. The average Bonchev–Trinajstić information content (AvgIpc) is 2.74. The second kappa shape index (κ2) is 8.47. The van der Waals surface area contributed by atoms with E-state index in [2.05, 4.69) is 6.07 Å². The van der Waals surface area contributed by atoms with Crippen LogP contribution in [0.3, 0.4) is 0 Å². The molecule has 3 nitrogen and oxygen atoms in total. The lowest BCUT2D eigenvalue weighted by Gasteiger charge is -2.28. The van der Waals surface area contributed by atoms with Gasteiger partial charge < -0.3 is 9.47 Å². The summed E-state index contributed by atoms with van der Waals surface area (Å²) in [7, 11) is 0. The maximum atomic E-state index is 14.1. The van der Waals surface area contributed by atoms with Crippen LogP contribution in [0.1, 0.15) is 34.1 Å². The quantitative estimate of drug-likeness (QED) is 0.556. The van der Waals surface area contributed by atoms with Crippen molar-refractivity contribution in [3.05, 3.63) is 100 Å². The Balaban J connectivity index is 1.48. The molecule has 5 heteroatoms. The monoisotopic (exact) mass is 391 g/mol. The van der Waals surface area contributed by atoms with Gasteiger partial charge in [0.1, 0.15) is 11.6 Å². The summed E-state index contributed by atoms with van der Waals surface area (Å²) in [5.41, 5.74) is 4.28. The maximum absolute atomic E-state index is 14.1. The van der Waals surface area contributed by atoms with Crippen LogP contribution in [-0.2, 0) is 22.8 Å². The van der Waals surface area contributed by atoms with Gasteiger partial charge in [-0.1, -0.05) is 42.5 Å². The Morgan fingerprint density at radius 2 is 1.82 bits per heavy atom. The van der Waals surface area contributed by atoms with E-state index in [1.807, 2.05) is 54.6 Å². The number of ether oxygens (including phenoxy) is 2. The average molecular weight is 391 g/mol. The molecule has 1 heterocycles. The zero-order valence-corrected chi connectivity index (χ0v) is 15.9. The standard InChI is InChI=1S/C23H18FNO2S/c24-21-10-19-13-26-23(18-4-2-1-3-5-18)27-22(19)20(11-21)15-28-14-17-8-6-16(12-25)7-9-17/h1-11,23H,13-15H2/t23-/m1/s1. The summed E-state index contributed by atoms with van der Waals surface area (Å²) >= 11 is 1.68. The molecule has 0 saturated carbocycles. The highest BCUT2D eigenvalue weighted by molar-refractivity contribution is 7.97. The highest BCUT2D eigenvalue weighted by atomic mass is 32.2. The second-order valence-corrected chi connectivity index (χ2v) is 7.51. The fourth-order valence-corrected chi connectivity index (χ4v) is 4.08. The van der Waals surface area contributed by atoms with Gasteiger partial charge >= 0.3 is 0 Å². The summed E-state index contributed by atoms with van der Waals surface area (Å²) in [5.74, 6) is 1.84. The predicted octanol–water partition coefficient (Wildman–Crippen LogP) is 5.74. The van der Waals surface area contributed by atoms with E-state index < -0.39 is 6.29 Å². The molecule has 1 aliphatic rings. The minimum Gasteiger partial charge on any atom is -0.460 e. The summed E-state index contributed by atoms with van der Waals surface area (Å²) in [5, 5.41) is 8.88. The van der Waals surface area contributed by atoms with Gasteiger partial charge in [-0.25, -0.2) is 4.39 Å². The van der Waals surface area contributed by atoms with E-state index >= 15 is 0 Å². The van der Waals surface area contributed by atoms with Crippen molar-refractivity contribution in [3.8, 4) is 11.8 Å². The Labute approximate surface area is 167 Å². The molecule has 0 unspecified atom stereocenters. The predicted molar refractivity (Wildman–Crippen MR) is 107 cm³/mol. The Hall–Kier alpha value is -2.81. The normalized spacial score (nSPS) is 15.4. The van der Waals surface area contributed by atoms with Gasteiger partial charge in [-0.3, -0.25) is 0 Å². The van der Waals surface area contributed by atoms with Gasteiger partial charge in [0.05, 0.1) is 18.2 Å². The van der Waals surface area contributed by atoms with Crippen LogP contribution in [0.15, 0.2) is 66.7 Å². The first-order valence-corrected chi connectivity index (χ1v) is 10.1. The molecule has 3 aromatic carbocycles. The molecule has 28 heavy (non-hydrogen) atoms. The topological polar surface area (TPSA) is 42.2 Å². The molecule has 3 aromatic rings. The summed E-state index contributed by atoms with van der Waals surface area (Å²) in [6, 6.07) is 22.4. The smallest absolute Gasteiger partial charge is 0.227 e. The first-order chi connectivity index (χ1) is 13.7. The number of benzene rings is 3. The lowest BCUT2D eigenvalue weighted by atomic mass is 10.1. The van der Waals surface area contributed by atoms with E-state index in [9.17, 15) is 4.39 Å². The molecule has 140 valence electrons. The first-order valence-electron chi connectivity index (χ1n) is 8.94. The van der Waals surface area contributed by atoms with Crippen molar-refractivity contribution in [2.45, 2.75) is 24.4 Å². The summed E-state index contributed by atoms with van der Waals surface area (Å²) in [6.45, 7) is 0.319. The second-order valence-electron chi connectivity index (χ2n) is 6.53. The molecular formula is C23H18FNO2S. The molecule has 0 aromatic heterocycles. The molecule has 0 bridgehead atoms. The van der Waals surface area contributed by atoms with E-state index in [-0.39, 0.29) is 5.82 Å². The van der Waals surface area contributed by atoms with Gasteiger partial charge in [-0.15, -0.1) is 0 Å². The number of nitrogens with zero attached hydrogens (tertiary/aromatic N) is 1. The molecule has 4 rings (SSSR count). The Morgan fingerprint density at radius 1 is 1.04 bits per heavy atom. The molecular weight excluding hydrogens is 373 g/mol. The van der Waals surface area contributed by atoms with E-state index in [1.54, 1.807) is 11.8 Å². The van der Waals surface area contributed by atoms with Crippen LogP contribution in [-0.4, -0.2) is 0 Å². The fraction of sp³-hybridized carbons (Fsp3) is 0.174. The number of hydrogen-bond acceptors (Lipinski definition) is 4. The van der Waals surface area contributed by atoms with Crippen LogP contribution in [0.2, 0.25) is 0 Å². The van der Waals surface area contributed by atoms with Crippen molar-refractivity contribution in [1.29, 1.82) is 5.26 Å². The van der Waals surface area contributed by atoms with Crippen molar-refractivity contribution in [3.63, 3.8) is 0 Å². The van der Waals surface area contributed by atoms with Gasteiger partial charge in [0.25, 0.3) is 0 Å². The molecule has 0 fully saturated rings. The van der Waals surface area contributed by atoms with Crippen molar-refractivity contribution in [1.82, 2.24) is 0 Å². The molecule has 0 N–H and O–H groups in total. The minimum atomic E-state index is -0.485. The van der Waals surface area contributed by atoms with Gasteiger partial charge in [-0.2, -0.15) is 17.0 Å².